The highest BCUT2D eigenvalue weighted by Crippen LogP contribution is 2.30. The van der Waals surface area contributed by atoms with Crippen molar-refractivity contribution in [2.75, 3.05) is 5.75 Å². The van der Waals surface area contributed by atoms with Crippen LogP contribution in [0.2, 0.25) is 5.02 Å². The summed E-state index contributed by atoms with van der Waals surface area (Å²) in [6, 6.07) is 32.3. The Kier molecular flexibility index (Phi) is 8.92. The van der Waals surface area contributed by atoms with Gasteiger partial charge in [-0.25, -0.2) is 4.79 Å². The average Bonchev–Trinajstić information content (AvgIpc) is 2.89. The highest BCUT2D eigenvalue weighted by atomic mass is 79.9. The van der Waals surface area contributed by atoms with E-state index in [1.54, 1.807) is 23.9 Å². The molecule has 0 bridgehead atoms. The average molecular weight is 580 g/mol. The van der Waals surface area contributed by atoms with Crippen molar-refractivity contribution in [2.45, 2.75) is 17.9 Å². The zero-order valence-electron chi connectivity index (χ0n) is 19.5. The summed E-state index contributed by atoms with van der Waals surface area (Å²) in [6.07, 6.45) is 1.35. The van der Waals surface area contributed by atoms with Crippen LogP contribution >= 0.6 is 39.3 Å². The lowest BCUT2D eigenvalue weighted by atomic mass is 9.95. The Morgan fingerprint density at radius 1 is 0.889 bits per heavy atom. The molecule has 0 heterocycles. The van der Waals surface area contributed by atoms with E-state index in [2.05, 4.69) is 70.5 Å². The third kappa shape index (κ3) is 7.03. The monoisotopic (exact) mass is 578 g/mol. The van der Waals surface area contributed by atoms with Gasteiger partial charge < -0.3 is 9.84 Å². The number of carboxylic acid groups (broad SMARTS) is 1. The number of rotatable bonds is 9. The molecule has 0 radical (unpaired) electrons. The van der Waals surface area contributed by atoms with E-state index in [1.807, 2.05) is 36.4 Å². The second-order valence-corrected chi connectivity index (χ2v) is 10.5. The zero-order chi connectivity index (χ0) is 25.5. The Balaban J connectivity index is 1.52. The zero-order valence-corrected chi connectivity index (χ0v) is 22.7. The largest absolute Gasteiger partial charge is 0.479 e. The Bertz CT molecular complexity index is 1330. The summed E-state index contributed by atoms with van der Waals surface area (Å²) in [6.45, 7) is 1.52. The minimum absolute atomic E-state index is 0.543. The minimum Gasteiger partial charge on any atom is -0.479 e. The molecule has 4 rings (SSSR count). The van der Waals surface area contributed by atoms with Gasteiger partial charge in [-0.3, -0.25) is 0 Å². The first-order valence-electron chi connectivity index (χ1n) is 11.3. The molecule has 6 heteroatoms. The number of carbonyl (C=O) groups is 1. The van der Waals surface area contributed by atoms with E-state index in [0.717, 1.165) is 48.0 Å². The number of carboxylic acids is 1. The molecule has 0 fully saturated rings. The maximum absolute atomic E-state index is 11.0. The van der Waals surface area contributed by atoms with Gasteiger partial charge in [-0.2, -0.15) is 0 Å². The van der Waals surface area contributed by atoms with Gasteiger partial charge in [0.25, 0.3) is 0 Å². The van der Waals surface area contributed by atoms with Crippen LogP contribution in [0.25, 0.3) is 16.7 Å². The SMILES string of the molecule is CC(Oc1ccc(SCC=C(c2ccc(Br)cc2)c2ccc(-c3ccc(Cl)cc3)cc2)cc1)C(=O)O. The normalized spacial score (nSPS) is 12.2. The fourth-order valence-corrected chi connectivity index (χ4v) is 4.77. The molecular weight excluding hydrogens is 556 g/mol. The number of thioether (sulfide) groups is 1. The highest BCUT2D eigenvalue weighted by Gasteiger charge is 2.12. The third-order valence-corrected chi connectivity index (χ3v) is 7.27. The van der Waals surface area contributed by atoms with Crippen LogP contribution in [-0.4, -0.2) is 22.9 Å². The van der Waals surface area contributed by atoms with E-state index < -0.39 is 12.1 Å². The molecule has 0 aliphatic rings. The van der Waals surface area contributed by atoms with Gasteiger partial charge in [-0.1, -0.05) is 82.1 Å². The summed E-state index contributed by atoms with van der Waals surface area (Å²) in [5.74, 6) is 0.331. The van der Waals surface area contributed by atoms with Gasteiger partial charge in [0.2, 0.25) is 0 Å². The summed E-state index contributed by atoms with van der Waals surface area (Å²) in [4.78, 5) is 12.1. The summed E-state index contributed by atoms with van der Waals surface area (Å²) in [7, 11) is 0. The fraction of sp³-hybridized carbons (Fsp3) is 0.100. The number of hydrogen-bond acceptors (Lipinski definition) is 3. The van der Waals surface area contributed by atoms with Crippen LogP contribution in [-0.2, 0) is 4.79 Å². The lowest BCUT2D eigenvalue weighted by Crippen LogP contribution is -2.22. The molecule has 182 valence electrons. The molecule has 0 saturated heterocycles. The molecular formula is C30H24BrClO3S. The molecule has 0 spiro atoms. The van der Waals surface area contributed by atoms with Crippen molar-refractivity contribution < 1.29 is 14.6 Å². The van der Waals surface area contributed by atoms with Crippen molar-refractivity contribution in [2.24, 2.45) is 0 Å². The fourth-order valence-electron chi connectivity index (χ4n) is 3.61. The summed E-state index contributed by atoms with van der Waals surface area (Å²) < 4.78 is 6.45. The number of aliphatic carboxylic acids is 1. The first kappa shape index (κ1) is 26.1. The standard InChI is InChI=1S/C30H24BrClO3S/c1-20(30(33)34)35-27-14-16-28(17-15-27)36-19-18-29(24-6-10-25(31)11-7-24)23-4-2-21(3-5-23)22-8-12-26(32)13-9-22/h2-18,20H,19H2,1H3,(H,33,34). The lowest BCUT2D eigenvalue weighted by molar-refractivity contribution is -0.144. The van der Waals surface area contributed by atoms with Gasteiger partial charge >= 0.3 is 5.97 Å². The van der Waals surface area contributed by atoms with Gasteiger partial charge in [0.05, 0.1) is 0 Å². The van der Waals surface area contributed by atoms with Crippen LogP contribution in [0.15, 0.2) is 113 Å². The maximum Gasteiger partial charge on any atom is 0.344 e. The maximum atomic E-state index is 11.0. The molecule has 1 N–H and O–H groups in total. The van der Waals surface area contributed by atoms with Crippen molar-refractivity contribution in [3.63, 3.8) is 0 Å². The van der Waals surface area contributed by atoms with Crippen LogP contribution < -0.4 is 4.74 Å². The quantitative estimate of drug-likeness (QED) is 0.201. The molecule has 0 amide bonds. The van der Waals surface area contributed by atoms with Crippen molar-refractivity contribution >= 4 is 50.8 Å². The molecule has 0 aromatic heterocycles. The second kappa shape index (κ2) is 12.3. The molecule has 3 nitrogen and oxygen atoms in total. The molecule has 1 unspecified atom stereocenters. The first-order chi connectivity index (χ1) is 17.4. The summed E-state index contributed by atoms with van der Waals surface area (Å²) in [5, 5.41) is 9.74. The molecule has 0 saturated carbocycles. The topological polar surface area (TPSA) is 46.5 Å². The third-order valence-electron chi connectivity index (χ3n) is 5.55. The van der Waals surface area contributed by atoms with Crippen LogP contribution in [0.5, 0.6) is 5.75 Å². The van der Waals surface area contributed by atoms with Crippen LogP contribution in [0.1, 0.15) is 18.1 Å². The van der Waals surface area contributed by atoms with E-state index in [1.165, 1.54) is 6.92 Å². The Morgan fingerprint density at radius 3 is 1.97 bits per heavy atom. The minimum atomic E-state index is -0.986. The molecule has 0 aliphatic heterocycles. The van der Waals surface area contributed by atoms with Gasteiger partial charge in [0, 0.05) is 20.1 Å². The smallest absolute Gasteiger partial charge is 0.344 e. The Hall–Kier alpha value is -2.99. The van der Waals surface area contributed by atoms with E-state index >= 15 is 0 Å². The summed E-state index contributed by atoms with van der Waals surface area (Å²) in [5.41, 5.74) is 5.71. The Labute approximate surface area is 228 Å². The Morgan fingerprint density at radius 2 is 1.42 bits per heavy atom. The number of halogens is 2. The van der Waals surface area contributed by atoms with E-state index in [-0.39, 0.29) is 0 Å². The van der Waals surface area contributed by atoms with Gasteiger partial charge in [0.15, 0.2) is 6.10 Å². The van der Waals surface area contributed by atoms with E-state index in [4.69, 9.17) is 21.4 Å². The number of ether oxygens (including phenoxy) is 1. The molecule has 1 atom stereocenters. The summed E-state index contributed by atoms with van der Waals surface area (Å²) >= 11 is 11.3. The lowest BCUT2D eigenvalue weighted by Gasteiger charge is -2.12. The van der Waals surface area contributed by atoms with Crippen molar-refractivity contribution in [3.05, 3.63) is 124 Å². The van der Waals surface area contributed by atoms with Crippen molar-refractivity contribution in [1.82, 2.24) is 0 Å². The second-order valence-electron chi connectivity index (χ2n) is 8.09. The van der Waals surface area contributed by atoms with Crippen LogP contribution in [0.4, 0.5) is 0 Å². The predicted molar refractivity (Wildman–Crippen MR) is 153 cm³/mol. The number of hydrogen-bond donors (Lipinski definition) is 1. The molecule has 0 aliphatic carbocycles. The molecule has 4 aromatic rings. The van der Waals surface area contributed by atoms with Crippen molar-refractivity contribution in [3.8, 4) is 16.9 Å². The van der Waals surface area contributed by atoms with Gasteiger partial charge in [-0.05, 0) is 83.3 Å². The van der Waals surface area contributed by atoms with Gasteiger partial charge in [0.1, 0.15) is 5.75 Å². The molecule has 36 heavy (non-hydrogen) atoms. The van der Waals surface area contributed by atoms with E-state index in [0.29, 0.717) is 5.75 Å². The van der Waals surface area contributed by atoms with Gasteiger partial charge in [-0.15, -0.1) is 11.8 Å². The van der Waals surface area contributed by atoms with Crippen molar-refractivity contribution in [1.29, 1.82) is 0 Å². The van der Waals surface area contributed by atoms with E-state index in [9.17, 15) is 4.79 Å². The number of benzene rings is 4. The first-order valence-corrected chi connectivity index (χ1v) is 13.5. The van der Waals surface area contributed by atoms with Crippen LogP contribution in [0, 0.1) is 0 Å². The molecule has 4 aromatic carbocycles. The predicted octanol–water partition coefficient (Wildman–Crippen LogP) is 8.85. The van der Waals surface area contributed by atoms with Crippen LogP contribution in [0.3, 0.4) is 0 Å². The highest BCUT2D eigenvalue weighted by molar-refractivity contribution is 9.10.